The molecule has 0 rings (SSSR count). The van der Waals surface area contributed by atoms with Gasteiger partial charge in [0.1, 0.15) is 0 Å². The molecular formula is C11H21F2O6SSi-. The largest absolute Gasteiger partial charge is 0.743 e. The highest BCUT2D eigenvalue weighted by molar-refractivity contribution is 7.86. The molecule has 0 unspecified atom stereocenters. The molecule has 6 nitrogen and oxygen atoms in total. The molecule has 0 aromatic carbocycles. The number of halogens is 2. The molecular weight excluding hydrogens is 326 g/mol. The Hall–Kier alpha value is -0.583. The molecule has 0 saturated carbocycles. The molecule has 0 aliphatic heterocycles. The van der Waals surface area contributed by atoms with E-state index in [4.69, 9.17) is 4.43 Å². The fourth-order valence-corrected chi connectivity index (χ4v) is 2.87. The van der Waals surface area contributed by atoms with E-state index in [1.165, 1.54) is 13.8 Å². The van der Waals surface area contributed by atoms with Gasteiger partial charge in [-0.25, -0.2) is 8.42 Å². The number of carbonyl (C=O) groups excluding carboxylic acids is 1. The SMILES string of the molecule is CO[Si](C)(C)CCC(C)(C)C(=O)OCC(F)(F)S(=O)(=O)[O-]. The number of rotatable bonds is 8. The topological polar surface area (TPSA) is 92.7 Å². The number of ether oxygens (including phenoxy) is 1. The van der Waals surface area contributed by atoms with Crippen LogP contribution < -0.4 is 0 Å². The minimum absolute atomic E-state index is 0.342. The van der Waals surface area contributed by atoms with Crippen molar-refractivity contribution in [3.8, 4) is 0 Å². The van der Waals surface area contributed by atoms with E-state index in [1.807, 2.05) is 13.1 Å². The first-order valence-electron chi connectivity index (χ1n) is 6.20. The smallest absolute Gasteiger partial charge is 0.367 e. The number of hydrogen-bond acceptors (Lipinski definition) is 6. The van der Waals surface area contributed by atoms with E-state index in [-0.39, 0.29) is 0 Å². The van der Waals surface area contributed by atoms with E-state index in [0.717, 1.165) is 0 Å². The lowest BCUT2D eigenvalue weighted by Crippen LogP contribution is -2.38. The van der Waals surface area contributed by atoms with Crippen LogP contribution in [0.2, 0.25) is 19.1 Å². The normalized spacial score (nSPS) is 14.1. The van der Waals surface area contributed by atoms with Crippen LogP contribution in [0.25, 0.3) is 0 Å². The fourth-order valence-electron chi connectivity index (χ4n) is 1.23. The van der Waals surface area contributed by atoms with Gasteiger partial charge in [-0.1, -0.05) is 0 Å². The van der Waals surface area contributed by atoms with Crippen molar-refractivity contribution in [2.24, 2.45) is 5.41 Å². The lowest BCUT2D eigenvalue weighted by Gasteiger charge is -2.28. The second kappa shape index (κ2) is 6.67. The summed E-state index contributed by atoms with van der Waals surface area (Å²) in [6, 6.07) is 0.599. The van der Waals surface area contributed by atoms with Crippen molar-refractivity contribution in [3.63, 3.8) is 0 Å². The van der Waals surface area contributed by atoms with Gasteiger partial charge in [0, 0.05) is 7.11 Å². The van der Waals surface area contributed by atoms with E-state index in [0.29, 0.717) is 12.5 Å². The van der Waals surface area contributed by atoms with Crippen molar-refractivity contribution in [1.29, 1.82) is 0 Å². The van der Waals surface area contributed by atoms with Gasteiger partial charge in [0.15, 0.2) is 25.0 Å². The van der Waals surface area contributed by atoms with Gasteiger partial charge in [-0.05, 0) is 39.4 Å². The lowest BCUT2D eigenvalue weighted by atomic mass is 9.90. The second-order valence-corrected chi connectivity index (χ2v) is 11.9. The Labute approximate surface area is 124 Å². The third kappa shape index (κ3) is 6.37. The van der Waals surface area contributed by atoms with Gasteiger partial charge in [-0.15, -0.1) is 0 Å². The van der Waals surface area contributed by atoms with Crippen LogP contribution in [0.15, 0.2) is 0 Å². The Kier molecular flexibility index (Phi) is 6.49. The summed E-state index contributed by atoms with van der Waals surface area (Å²) in [6.07, 6.45) is 0.342. The van der Waals surface area contributed by atoms with Crippen LogP contribution in [-0.2, 0) is 24.1 Å². The molecule has 0 spiro atoms. The van der Waals surface area contributed by atoms with E-state index in [2.05, 4.69) is 4.74 Å². The zero-order chi connectivity index (χ0) is 17.1. The first-order chi connectivity index (χ1) is 9.15. The van der Waals surface area contributed by atoms with Crippen molar-refractivity contribution in [2.75, 3.05) is 13.7 Å². The molecule has 0 N–H and O–H groups in total. The highest BCUT2D eigenvalue weighted by atomic mass is 32.2. The molecule has 0 aliphatic carbocycles. The molecule has 0 heterocycles. The van der Waals surface area contributed by atoms with Gasteiger partial charge in [-0.3, -0.25) is 4.79 Å². The zero-order valence-electron chi connectivity index (χ0n) is 12.7. The summed E-state index contributed by atoms with van der Waals surface area (Å²) in [4.78, 5) is 11.8. The van der Waals surface area contributed by atoms with Gasteiger partial charge < -0.3 is 13.7 Å². The monoisotopic (exact) mass is 347 g/mol. The van der Waals surface area contributed by atoms with Gasteiger partial charge >= 0.3 is 11.2 Å². The van der Waals surface area contributed by atoms with Crippen LogP contribution in [-0.4, -0.2) is 46.2 Å². The Balaban J connectivity index is 4.65. The molecule has 0 aromatic heterocycles. The zero-order valence-corrected chi connectivity index (χ0v) is 14.6. The number of hydrogen-bond donors (Lipinski definition) is 0. The third-order valence-corrected chi connectivity index (χ3v) is 6.60. The summed E-state index contributed by atoms with van der Waals surface area (Å²) in [5.74, 6) is -0.980. The second-order valence-electron chi connectivity index (χ2n) is 6.02. The van der Waals surface area contributed by atoms with Crippen LogP contribution in [0, 0.1) is 5.41 Å². The minimum Gasteiger partial charge on any atom is -0.743 e. The molecule has 21 heavy (non-hydrogen) atoms. The van der Waals surface area contributed by atoms with Gasteiger partial charge in [0.05, 0.1) is 5.41 Å². The number of esters is 1. The first kappa shape index (κ1) is 20.4. The Morgan fingerprint density at radius 1 is 1.29 bits per heavy atom. The minimum atomic E-state index is -5.86. The molecule has 10 heteroatoms. The average Bonchev–Trinajstić information content (AvgIpc) is 2.32. The first-order valence-corrected chi connectivity index (χ1v) is 10.7. The van der Waals surface area contributed by atoms with Crippen LogP contribution in [0.1, 0.15) is 20.3 Å². The summed E-state index contributed by atoms with van der Waals surface area (Å²) in [5, 5.41) is -4.63. The summed E-state index contributed by atoms with van der Waals surface area (Å²) in [5.41, 5.74) is -1.08. The maximum Gasteiger partial charge on any atom is 0.367 e. The quantitative estimate of drug-likeness (QED) is 0.378. The molecule has 0 aliphatic rings. The molecule has 0 saturated heterocycles. The molecule has 0 amide bonds. The molecule has 0 radical (unpaired) electrons. The van der Waals surface area contributed by atoms with E-state index in [9.17, 15) is 26.5 Å². The Bertz CT molecular complexity index is 475. The molecule has 0 fully saturated rings. The van der Waals surface area contributed by atoms with E-state index in [1.54, 1.807) is 7.11 Å². The number of carbonyl (C=O) groups is 1. The van der Waals surface area contributed by atoms with Crippen LogP contribution in [0.5, 0.6) is 0 Å². The number of alkyl halides is 2. The van der Waals surface area contributed by atoms with Crippen molar-refractivity contribution < 1.29 is 35.7 Å². The molecule has 0 bridgehead atoms. The summed E-state index contributed by atoms with van der Waals surface area (Å²) < 4.78 is 66.4. The average molecular weight is 347 g/mol. The van der Waals surface area contributed by atoms with Gasteiger partial charge in [0.25, 0.3) is 0 Å². The van der Waals surface area contributed by atoms with Crippen molar-refractivity contribution in [1.82, 2.24) is 0 Å². The maximum absolute atomic E-state index is 12.9. The van der Waals surface area contributed by atoms with Gasteiger partial charge in [0.2, 0.25) is 0 Å². The van der Waals surface area contributed by atoms with Crippen molar-refractivity contribution >= 4 is 24.4 Å². The highest BCUT2D eigenvalue weighted by Crippen LogP contribution is 2.30. The maximum atomic E-state index is 12.9. The standard InChI is InChI=1S/C11H22F2O6SSi/c1-10(2,6-7-21(4,5)18-3)9(14)19-8-11(12,13)20(15,16)17/h6-8H2,1-5H3,(H,15,16,17)/p-1. The van der Waals surface area contributed by atoms with E-state index >= 15 is 0 Å². The predicted molar refractivity (Wildman–Crippen MR) is 73.3 cm³/mol. The van der Waals surface area contributed by atoms with Crippen LogP contribution in [0.4, 0.5) is 8.78 Å². The van der Waals surface area contributed by atoms with Crippen molar-refractivity contribution in [3.05, 3.63) is 0 Å². The predicted octanol–water partition coefficient (Wildman–Crippen LogP) is 1.94. The van der Waals surface area contributed by atoms with Crippen LogP contribution in [0.3, 0.4) is 0 Å². The Morgan fingerprint density at radius 3 is 2.14 bits per heavy atom. The summed E-state index contributed by atoms with van der Waals surface area (Å²) >= 11 is 0. The fraction of sp³-hybridized carbons (Fsp3) is 0.909. The summed E-state index contributed by atoms with van der Waals surface area (Å²) in [6.45, 7) is 5.10. The van der Waals surface area contributed by atoms with Crippen molar-refractivity contribution in [2.45, 2.75) is 44.7 Å². The Morgan fingerprint density at radius 2 is 1.76 bits per heavy atom. The highest BCUT2D eigenvalue weighted by Gasteiger charge is 2.41. The van der Waals surface area contributed by atoms with Gasteiger partial charge in [-0.2, -0.15) is 8.78 Å². The summed E-state index contributed by atoms with van der Waals surface area (Å²) in [7, 11) is -6.21. The van der Waals surface area contributed by atoms with Crippen LogP contribution >= 0.6 is 0 Å². The molecule has 0 atom stereocenters. The lowest BCUT2D eigenvalue weighted by molar-refractivity contribution is -0.160. The third-order valence-electron chi connectivity index (χ3n) is 3.19. The molecule has 0 aromatic rings. The van der Waals surface area contributed by atoms with E-state index < -0.39 is 41.7 Å². The molecule has 126 valence electrons.